The van der Waals surface area contributed by atoms with Crippen molar-refractivity contribution in [1.82, 2.24) is 0 Å². The van der Waals surface area contributed by atoms with Crippen LogP contribution in [0.2, 0.25) is 0 Å². The van der Waals surface area contributed by atoms with E-state index in [4.69, 9.17) is 4.74 Å². The molecule has 20 heavy (non-hydrogen) atoms. The van der Waals surface area contributed by atoms with Crippen molar-refractivity contribution >= 4 is 40.3 Å². The van der Waals surface area contributed by atoms with Gasteiger partial charge in [0.25, 0.3) is 0 Å². The molecule has 0 spiro atoms. The summed E-state index contributed by atoms with van der Waals surface area (Å²) < 4.78 is 6.16. The number of anilines is 1. The van der Waals surface area contributed by atoms with Crippen LogP contribution in [0, 0.1) is 3.57 Å². The van der Waals surface area contributed by atoms with Crippen LogP contribution < -0.4 is 10.1 Å². The number of rotatable bonds is 4. The van der Waals surface area contributed by atoms with Crippen molar-refractivity contribution in [1.29, 1.82) is 0 Å². The van der Waals surface area contributed by atoms with Crippen LogP contribution in [0.3, 0.4) is 0 Å². The van der Waals surface area contributed by atoms with E-state index in [9.17, 15) is 4.79 Å². The maximum atomic E-state index is 11.8. The lowest BCUT2D eigenvalue weighted by molar-refractivity contribution is -0.111. The number of halogens is 1. The zero-order chi connectivity index (χ0) is 14.4. The third kappa shape index (κ3) is 4.38. The van der Waals surface area contributed by atoms with Gasteiger partial charge in [0.2, 0.25) is 5.91 Å². The summed E-state index contributed by atoms with van der Waals surface area (Å²) in [4.78, 5) is 11.8. The summed E-state index contributed by atoms with van der Waals surface area (Å²) in [5.74, 6) is 0.647. The van der Waals surface area contributed by atoms with Crippen molar-refractivity contribution < 1.29 is 9.53 Å². The van der Waals surface area contributed by atoms with Crippen molar-refractivity contribution in [3.05, 3.63) is 63.7 Å². The highest BCUT2D eigenvalue weighted by Crippen LogP contribution is 2.14. The Morgan fingerprint density at radius 2 is 1.95 bits per heavy atom. The van der Waals surface area contributed by atoms with Gasteiger partial charge in [-0.15, -0.1) is 0 Å². The molecule has 2 rings (SSSR count). The van der Waals surface area contributed by atoms with Gasteiger partial charge in [-0.25, -0.2) is 0 Å². The van der Waals surface area contributed by atoms with Gasteiger partial charge in [0.1, 0.15) is 5.75 Å². The van der Waals surface area contributed by atoms with E-state index in [1.165, 1.54) is 6.08 Å². The fourth-order valence-corrected chi connectivity index (χ4v) is 2.18. The van der Waals surface area contributed by atoms with Crippen molar-refractivity contribution in [3.63, 3.8) is 0 Å². The van der Waals surface area contributed by atoms with Crippen LogP contribution in [-0.4, -0.2) is 13.0 Å². The summed E-state index contributed by atoms with van der Waals surface area (Å²) in [5.41, 5.74) is 1.74. The van der Waals surface area contributed by atoms with E-state index in [1.54, 1.807) is 13.2 Å². The molecule has 2 aromatic rings. The number of methoxy groups -OCH3 is 1. The molecule has 0 saturated heterocycles. The molecule has 3 nitrogen and oxygen atoms in total. The fraction of sp³-hybridized carbons (Fsp3) is 0.0625. The molecule has 0 radical (unpaired) electrons. The summed E-state index contributed by atoms with van der Waals surface area (Å²) in [6.45, 7) is 0. The lowest BCUT2D eigenvalue weighted by Gasteiger charge is -2.02. The lowest BCUT2D eigenvalue weighted by atomic mass is 10.2. The molecule has 0 unspecified atom stereocenters. The average molecular weight is 379 g/mol. The van der Waals surface area contributed by atoms with Crippen LogP contribution in [-0.2, 0) is 4.79 Å². The average Bonchev–Trinajstić information content (AvgIpc) is 2.46. The molecule has 4 heteroatoms. The first-order valence-corrected chi connectivity index (χ1v) is 7.14. The minimum absolute atomic E-state index is 0.150. The van der Waals surface area contributed by atoms with Crippen LogP contribution in [0.1, 0.15) is 5.56 Å². The predicted octanol–water partition coefficient (Wildman–Crippen LogP) is 3.95. The van der Waals surface area contributed by atoms with Gasteiger partial charge in [0, 0.05) is 15.3 Å². The van der Waals surface area contributed by atoms with Crippen LogP contribution in [0.5, 0.6) is 5.75 Å². The first-order chi connectivity index (χ1) is 9.67. The van der Waals surface area contributed by atoms with Crippen molar-refractivity contribution in [2.45, 2.75) is 0 Å². The summed E-state index contributed by atoms with van der Waals surface area (Å²) >= 11 is 2.21. The molecule has 0 bridgehead atoms. The molecule has 2 aromatic carbocycles. The van der Waals surface area contributed by atoms with Gasteiger partial charge in [0.15, 0.2) is 0 Å². The topological polar surface area (TPSA) is 38.3 Å². The normalized spacial score (nSPS) is 10.5. The Morgan fingerprint density at radius 1 is 1.20 bits per heavy atom. The maximum absolute atomic E-state index is 11.8. The Morgan fingerprint density at radius 3 is 2.60 bits per heavy atom. The summed E-state index contributed by atoms with van der Waals surface area (Å²) in [5, 5.41) is 2.82. The van der Waals surface area contributed by atoms with Crippen LogP contribution in [0.15, 0.2) is 54.6 Å². The first kappa shape index (κ1) is 14.6. The maximum Gasteiger partial charge on any atom is 0.248 e. The standard InChI is InChI=1S/C16H14INO2/c1-20-15-8-5-12(6-9-15)7-10-16(19)18-14-4-2-3-13(17)11-14/h2-11H,1H3,(H,18,19). The van der Waals surface area contributed by atoms with E-state index >= 15 is 0 Å². The Hall–Kier alpha value is -1.82. The monoisotopic (exact) mass is 379 g/mol. The number of hydrogen-bond acceptors (Lipinski definition) is 2. The molecule has 0 aromatic heterocycles. The van der Waals surface area contributed by atoms with Crippen LogP contribution in [0.4, 0.5) is 5.69 Å². The zero-order valence-corrected chi connectivity index (χ0v) is 13.1. The number of nitrogens with one attached hydrogen (secondary N) is 1. The Bertz CT molecular complexity index is 621. The van der Waals surface area contributed by atoms with E-state index in [-0.39, 0.29) is 5.91 Å². The highest BCUT2D eigenvalue weighted by atomic mass is 127. The summed E-state index contributed by atoms with van der Waals surface area (Å²) in [7, 11) is 1.62. The summed E-state index contributed by atoms with van der Waals surface area (Å²) in [6.07, 6.45) is 3.28. The van der Waals surface area contributed by atoms with Gasteiger partial charge in [-0.1, -0.05) is 18.2 Å². The van der Waals surface area contributed by atoms with Gasteiger partial charge in [0.05, 0.1) is 7.11 Å². The molecule has 1 N–H and O–H groups in total. The SMILES string of the molecule is COc1ccc(C=CC(=O)Nc2cccc(I)c2)cc1. The van der Waals surface area contributed by atoms with Gasteiger partial charge < -0.3 is 10.1 Å². The largest absolute Gasteiger partial charge is 0.497 e. The zero-order valence-electron chi connectivity index (χ0n) is 11.0. The number of amides is 1. The number of hydrogen-bond donors (Lipinski definition) is 1. The minimum Gasteiger partial charge on any atom is -0.497 e. The summed E-state index contributed by atoms with van der Waals surface area (Å²) in [6, 6.07) is 15.2. The second-order valence-electron chi connectivity index (χ2n) is 4.11. The molecule has 0 aliphatic carbocycles. The molecule has 0 aliphatic rings. The molecular weight excluding hydrogens is 365 g/mol. The van der Waals surface area contributed by atoms with Crippen molar-refractivity contribution in [3.8, 4) is 5.75 Å². The van der Waals surface area contributed by atoms with E-state index in [0.717, 1.165) is 20.6 Å². The van der Waals surface area contributed by atoms with E-state index in [1.807, 2.05) is 48.5 Å². The van der Waals surface area contributed by atoms with Crippen LogP contribution >= 0.6 is 22.6 Å². The van der Waals surface area contributed by atoms with E-state index in [2.05, 4.69) is 27.9 Å². The number of benzene rings is 2. The second-order valence-corrected chi connectivity index (χ2v) is 5.35. The Labute approximate surface area is 131 Å². The van der Waals surface area contributed by atoms with E-state index < -0.39 is 0 Å². The molecule has 0 fully saturated rings. The third-order valence-electron chi connectivity index (χ3n) is 2.64. The van der Waals surface area contributed by atoms with Crippen LogP contribution in [0.25, 0.3) is 6.08 Å². The second kappa shape index (κ2) is 7.09. The first-order valence-electron chi connectivity index (χ1n) is 6.06. The number of carbonyl (C=O) groups excluding carboxylic acids is 1. The van der Waals surface area contributed by atoms with Gasteiger partial charge in [-0.05, 0) is 64.6 Å². The molecule has 0 aliphatic heterocycles. The molecule has 0 saturated carbocycles. The van der Waals surface area contributed by atoms with Crippen molar-refractivity contribution in [2.75, 3.05) is 12.4 Å². The van der Waals surface area contributed by atoms with Gasteiger partial charge in [-0.3, -0.25) is 4.79 Å². The molecule has 0 atom stereocenters. The molecule has 1 amide bonds. The molecular formula is C16H14INO2. The number of carbonyl (C=O) groups is 1. The minimum atomic E-state index is -0.150. The van der Waals surface area contributed by atoms with Crippen molar-refractivity contribution in [2.24, 2.45) is 0 Å². The lowest BCUT2D eigenvalue weighted by Crippen LogP contribution is -2.07. The Kier molecular flexibility index (Phi) is 5.17. The number of ether oxygens (including phenoxy) is 1. The smallest absolute Gasteiger partial charge is 0.248 e. The van der Waals surface area contributed by atoms with Gasteiger partial charge >= 0.3 is 0 Å². The predicted molar refractivity (Wildman–Crippen MR) is 89.8 cm³/mol. The molecule has 102 valence electrons. The highest BCUT2D eigenvalue weighted by molar-refractivity contribution is 14.1. The molecule has 0 heterocycles. The third-order valence-corrected chi connectivity index (χ3v) is 3.31. The quantitative estimate of drug-likeness (QED) is 0.646. The van der Waals surface area contributed by atoms with Gasteiger partial charge in [-0.2, -0.15) is 0 Å². The Balaban J connectivity index is 1.98. The van der Waals surface area contributed by atoms with E-state index in [0.29, 0.717) is 0 Å². The highest BCUT2D eigenvalue weighted by Gasteiger charge is 1.98. The fourth-order valence-electron chi connectivity index (χ4n) is 1.64.